The summed E-state index contributed by atoms with van der Waals surface area (Å²) in [5.41, 5.74) is 2.09. The van der Waals surface area contributed by atoms with Gasteiger partial charge in [-0.1, -0.05) is 36.7 Å². The lowest BCUT2D eigenvalue weighted by Gasteiger charge is -2.11. The molecule has 0 fully saturated rings. The number of carbonyl (C=O) groups excluding carboxylic acids is 1. The average Bonchev–Trinajstić information content (AvgIpc) is 2.65. The highest BCUT2D eigenvalue weighted by atomic mass is 35.5. The molecule has 0 heterocycles. The number of halogens is 1. The first-order chi connectivity index (χ1) is 12.6. The number of nitrogens with one attached hydrogen (secondary N) is 1. The van der Waals surface area contributed by atoms with Crippen LogP contribution in [0, 0.1) is 6.92 Å². The first-order valence-corrected chi connectivity index (χ1v) is 9.34. The van der Waals surface area contributed by atoms with Gasteiger partial charge in [0, 0.05) is 11.6 Å². The number of amides is 1. The standard InChI is InChI=1S/C21H26ClNO3/c1-3-13-25-20-9-5-4-7-17(20)8-6-12-23-21(24)15-26-18-10-11-19(22)16(2)14-18/h4-5,7,9-11,14H,3,6,8,12-13,15H2,1-2H3,(H,23,24). The Hall–Kier alpha value is -2.20. The van der Waals surface area contributed by atoms with Gasteiger partial charge in [-0.3, -0.25) is 4.79 Å². The molecule has 0 aliphatic rings. The summed E-state index contributed by atoms with van der Waals surface area (Å²) in [7, 11) is 0. The summed E-state index contributed by atoms with van der Waals surface area (Å²) in [5.74, 6) is 1.44. The fourth-order valence-electron chi connectivity index (χ4n) is 2.48. The van der Waals surface area contributed by atoms with Crippen LogP contribution in [0.4, 0.5) is 0 Å². The first kappa shape index (κ1) is 20.1. The smallest absolute Gasteiger partial charge is 0.257 e. The van der Waals surface area contributed by atoms with E-state index in [0.29, 0.717) is 17.3 Å². The van der Waals surface area contributed by atoms with Crippen molar-refractivity contribution in [2.75, 3.05) is 19.8 Å². The number of carbonyl (C=O) groups is 1. The first-order valence-electron chi connectivity index (χ1n) is 8.96. The normalized spacial score (nSPS) is 10.4. The third kappa shape index (κ3) is 6.60. The molecule has 0 atom stereocenters. The zero-order valence-electron chi connectivity index (χ0n) is 15.4. The molecule has 0 aromatic heterocycles. The molecule has 0 aliphatic heterocycles. The maximum Gasteiger partial charge on any atom is 0.257 e. The van der Waals surface area contributed by atoms with E-state index in [1.165, 1.54) is 5.56 Å². The molecule has 1 N–H and O–H groups in total. The van der Waals surface area contributed by atoms with E-state index in [9.17, 15) is 4.79 Å². The Bertz CT molecular complexity index is 718. The van der Waals surface area contributed by atoms with Crippen molar-refractivity contribution in [3.05, 3.63) is 58.6 Å². The van der Waals surface area contributed by atoms with Crippen LogP contribution in [-0.4, -0.2) is 25.7 Å². The molecular weight excluding hydrogens is 350 g/mol. The maximum absolute atomic E-state index is 11.9. The summed E-state index contributed by atoms with van der Waals surface area (Å²) in [6, 6.07) is 13.4. The van der Waals surface area contributed by atoms with Gasteiger partial charge in [-0.05, 0) is 61.6 Å². The van der Waals surface area contributed by atoms with Crippen molar-refractivity contribution in [2.45, 2.75) is 33.1 Å². The van der Waals surface area contributed by atoms with Gasteiger partial charge in [0.05, 0.1) is 6.61 Å². The number of benzene rings is 2. The molecule has 0 unspecified atom stereocenters. The SMILES string of the molecule is CCCOc1ccccc1CCCNC(=O)COc1ccc(Cl)c(C)c1. The second-order valence-electron chi connectivity index (χ2n) is 6.11. The van der Waals surface area contributed by atoms with Crippen molar-refractivity contribution in [2.24, 2.45) is 0 Å². The van der Waals surface area contributed by atoms with E-state index >= 15 is 0 Å². The number of hydrogen-bond acceptors (Lipinski definition) is 3. The van der Waals surface area contributed by atoms with Gasteiger partial charge in [-0.25, -0.2) is 0 Å². The Labute approximate surface area is 160 Å². The highest BCUT2D eigenvalue weighted by Gasteiger charge is 2.06. The molecule has 1 amide bonds. The van der Waals surface area contributed by atoms with E-state index in [0.717, 1.165) is 37.2 Å². The van der Waals surface area contributed by atoms with Crippen LogP contribution in [0.1, 0.15) is 30.9 Å². The van der Waals surface area contributed by atoms with Crippen LogP contribution < -0.4 is 14.8 Å². The highest BCUT2D eigenvalue weighted by Crippen LogP contribution is 2.21. The van der Waals surface area contributed by atoms with E-state index in [4.69, 9.17) is 21.1 Å². The summed E-state index contributed by atoms with van der Waals surface area (Å²) in [6.45, 7) is 5.30. The summed E-state index contributed by atoms with van der Waals surface area (Å²) >= 11 is 5.97. The minimum Gasteiger partial charge on any atom is -0.493 e. The van der Waals surface area contributed by atoms with Crippen LogP contribution in [0.2, 0.25) is 5.02 Å². The lowest BCUT2D eigenvalue weighted by atomic mass is 10.1. The topological polar surface area (TPSA) is 47.6 Å². The maximum atomic E-state index is 11.9. The number of ether oxygens (including phenoxy) is 2. The van der Waals surface area contributed by atoms with Gasteiger partial charge in [0.25, 0.3) is 5.91 Å². The minimum atomic E-state index is -0.131. The number of hydrogen-bond donors (Lipinski definition) is 1. The predicted molar refractivity (Wildman–Crippen MR) is 105 cm³/mol. The lowest BCUT2D eigenvalue weighted by Crippen LogP contribution is -2.29. The molecule has 26 heavy (non-hydrogen) atoms. The van der Waals surface area contributed by atoms with E-state index in [1.54, 1.807) is 12.1 Å². The molecule has 0 saturated heterocycles. The summed E-state index contributed by atoms with van der Waals surface area (Å²) < 4.78 is 11.2. The Morgan fingerprint density at radius 1 is 1.15 bits per heavy atom. The monoisotopic (exact) mass is 375 g/mol. The van der Waals surface area contributed by atoms with Crippen LogP contribution in [0.3, 0.4) is 0 Å². The van der Waals surface area contributed by atoms with Crippen LogP contribution in [0.5, 0.6) is 11.5 Å². The van der Waals surface area contributed by atoms with E-state index in [2.05, 4.69) is 18.3 Å². The van der Waals surface area contributed by atoms with Crippen LogP contribution in [-0.2, 0) is 11.2 Å². The lowest BCUT2D eigenvalue weighted by molar-refractivity contribution is -0.123. The Morgan fingerprint density at radius 2 is 1.96 bits per heavy atom. The number of para-hydroxylation sites is 1. The second-order valence-corrected chi connectivity index (χ2v) is 6.52. The zero-order chi connectivity index (χ0) is 18.8. The molecule has 4 nitrogen and oxygen atoms in total. The van der Waals surface area contributed by atoms with Crippen molar-refractivity contribution in [3.63, 3.8) is 0 Å². The zero-order valence-corrected chi connectivity index (χ0v) is 16.1. The van der Waals surface area contributed by atoms with Gasteiger partial charge >= 0.3 is 0 Å². The third-order valence-electron chi connectivity index (χ3n) is 3.88. The van der Waals surface area contributed by atoms with Gasteiger partial charge in [0.15, 0.2) is 6.61 Å². The Morgan fingerprint density at radius 3 is 2.73 bits per heavy atom. The third-order valence-corrected chi connectivity index (χ3v) is 4.30. The molecular formula is C21H26ClNO3. The molecule has 5 heteroatoms. The molecule has 2 aromatic carbocycles. The Balaban J connectivity index is 1.69. The number of rotatable bonds is 10. The van der Waals surface area contributed by atoms with Crippen LogP contribution >= 0.6 is 11.6 Å². The minimum absolute atomic E-state index is 0.00271. The van der Waals surface area contributed by atoms with Crippen molar-refractivity contribution >= 4 is 17.5 Å². The van der Waals surface area contributed by atoms with E-state index in [1.807, 2.05) is 31.2 Å². The van der Waals surface area contributed by atoms with Gasteiger partial charge in [0.2, 0.25) is 0 Å². The van der Waals surface area contributed by atoms with E-state index < -0.39 is 0 Å². The largest absolute Gasteiger partial charge is 0.493 e. The number of aryl methyl sites for hydroxylation is 2. The molecule has 2 aromatic rings. The second kappa shape index (κ2) is 10.7. The summed E-state index contributed by atoms with van der Waals surface area (Å²) in [5, 5.41) is 3.57. The molecule has 0 spiro atoms. The molecule has 0 radical (unpaired) electrons. The average molecular weight is 376 g/mol. The summed E-state index contributed by atoms with van der Waals surface area (Å²) in [6.07, 6.45) is 2.69. The van der Waals surface area contributed by atoms with Crippen molar-refractivity contribution < 1.29 is 14.3 Å². The van der Waals surface area contributed by atoms with Crippen molar-refractivity contribution in [1.82, 2.24) is 5.32 Å². The van der Waals surface area contributed by atoms with E-state index in [-0.39, 0.29) is 12.5 Å². The van der Waals surface area contributed by atoms with Gasteiger partial charge < -0.3 is 14.8 Å². The van der Waals surface area contributed by atoms with Crippen molar-refractivity contribution in [1.29, 1.82) is 0 Å². The van der Waals surface area contributed by atoms with Gasteiger partial charge in [-0.2, -0.15) is 0 Å². The van der Waals surface area contributed by atoms with Gasteiger partial charge in [0.1, 0.15) is 11.5 Å². The quantitative estimate of drug-likeness (QED) is 0.619. The summed E-state index contributed by atoms with van der Waals surface area (Å²) in [4.78, 5) is 11.9. The van der Waals surface area contributed by atoms with Crippen LogP contribution in [0.15, 0.2) is 42.5 Å². The molecule has 0 saturated carbocycles. The molecule has 2 rings (SSSR count). The fraction of sp³-hybridized carbons (Fsp3) is 0.381. The van der Waals surface area contributed by atoms with Crippen LogP contribution in [0.25, 0.3) is 0 Å². The fourth-order valence-corrected chi connectivity index (χ4v) is 2.59. The molecule has 140 valence electrons. The molecule has 0 aliphatic carbocycles. The van der Waals surface area contributed by atoms with Gasteiger partial charge in [-0.15, -0.1) is 0 Å². The highest BCUT2D eigenvalue weighted by molar-refractivity contribution is 6.31. The van der Waals surface area contributed by atoms with Crippen molar-refractivity contribution in [3.8, 4) is 11.5 Å². The Kier molecular flexibility index (Phi) is 8.29. The predicted octanol–water partition coefficient (Wildman–Crippen LogP) is 4.57. The molecule has 0 bridgehead atoms.